The Morgan fingerprint density at radius 3 is 2.57 bits per heavy atom. The van der Waals surface area contributed by atoms with Gasteiger partial charge in [0.2, 0.25) is 0 Å². The van der Waals surface area contributed by atoms with Crippen molar-refractivity contribution < 1.29 is 4.74 Å². The van der Waals surface area contributed by atoms with Crippen LogP contribution in [0.1, 0.15) is 33.6 Å². The van der Waals surface area contributed by atoms with Gasteiger partial charge in [-0.05, 0) is 33.6 Å². The van der Waals surface area contributed by atoms with Crippen LogP contribution in [-0.4, -0.2) is 41.6 Å². The Labute approximate surface area is 96.1 Å². The fraction of sp³-hybridized carbons (Fsp3) is 1.00. The molecule has 1 rings (SSSR count). The van der Waals surface area contributed by atoms with Crippen molar-refractivity contribution in [3.05, 3.63) is 0 Å². The van der Waals surface area contributed by atoms with E-state index in [9.17, 15) is 0 Å². The van der Waals surface area contributed by atoms with Crippen LogP contribution in [0.2, 0.25) is 0 Å². The zero-order valence-corrected chi connectivity index (χ0v) is 11.1. The van der Waals surface area contributed by atoms with E-state index in [-0.39, 0.29) is 0 Å². The van der Waals surface area contributed by atoms with Crippen molar-refractivity contribution in [1.29, 1.82) is 0 Å². The summed E-state index contributed by atoms with van der Waals surface area (Å²) in [5, 5.41) is 1.05. The van der Waals surface area contributed by atoms with Crippen molar-refractivity contribution in [2.45, 2.75) is 51.9 Å². The summed E-state index contributed by atoms with van der Waals surface area (Å²) in [7, 11) is 0. The maximum absolute atomic E-state index is 5.83. The fourth-order valence-electron chi connectivity index (χ4n) is 1.95. The molecule has 3 heteroatoms. The molecule has 2 unspecified atom stereocenters. The molecule has 0 aromatic carbocycles. The molecule has 0 radical (unpaired) electrons. The van der Waals surface area contributed by atoms with Crippen LogP contribution in [0.15, 0.2) is 0 Å². The van der Waals surface area contributed by atoms with Crippen LogP contribution in [0.4, 0.5) is 0 Å². The van der Waals surface area contributed by atoms with Gasteiger partial charge in [0.05, 0.1) is 12.2 Å². The third-order valence-corrected chi connectivity index (χ3v) is 3.21. The smallest absolute Gasteiger partial charge is 0.0706 e. The van der Waals surface area contributed by atoms with E-state index in [4.69, 9.17) is 4.74 Å². The average molecular weight is 264 g/mol. The molecule has 0 spiro atoms. The predicted octanol–water partition coefficient (Wildman–Crippen LogP) is 2.66. The van der Waals surface area contributed by atoms with Gasteiger partial charge in [-0.2, -0.15) is 0 Å². The largest absolute Gasteiger partial charge is 0.374 e. The van der Waals surface area contributed by atoms with Gasteiger partial charge >= 0.3 is 0 Å². The van der Waals surface area contributed by atoms with Crippen LogP contribution >= 0.6 is 15.9 Å². The number of nitrogens with zero attached hydrogens (tertiary/aromatic N) is 1. The molecule has 1 aliphatic rings. The number of alkyl halides is 1. The number of halogens is 1. The van der Waals surface area contributed by atoms with Gasteiger partial charge < -0.3 is 4.74 Å². The van der Waals surface area contributed by atoms with Gasteiger partial charge in [0.25, 0.3) is 0 Å². The van der Waals surface area contributed by atoms with Crippen LogP contribution in [0, 0.1) is 0 Å². The van der Waals surface area contributed by atoms with Crippen molar-refractivity contribution in [3.63, 3.8) is 0 Å². The van der Waals surface area contributed by atoms with Crippen LogP contribution in [0.3, 0.4) is 0 Å². The minimum Gasteiger partial charge on any atom is -0.374 e. The van der Waals surface area contributed by atoms with Gasteiger partial charge in [-0.15, -0.1) is 0 Å². The summed E-state index contributed by atoms with van der Waals surface area (Å²) in [6, 6.07) is 0.618. The van der Waals surface area contributed by atoms with Gasteiger partial charge in [-0.1, -0.05) is 15.9 Å². The van der Waals surface area contributed by atoms with E-state index in [0.29, 0.717) is 18.2 Å². The zero-order chi connectivity index (χ0) is 10.6. The summed E-state index contributed by atoms with van der Waals surface area (Å²) in [5.74, 6) is 0. The first-order valence-electron chi connectivity index (χ1n) is 5.59. The SMILES string of the molecule is CC1CCC(CN(CCBr)C(C)C)O1. The highest BCUT2D eigenvalue weighted by atomic mass is 79.9. The van der Waals surface area contributed by atoms with E-state index in [2.05, 4.69) is 41.6 Å². The Balaban J connectivity index is 2.31. The molecule has 0 N–H and O–H groups in total. The lowest BCUT2D eigenvalue weighted by Crippen LogP contribution is -2.38. The fourth-order valence-corrected chi connectivity index (χ4v) is 2.41. The lowest BCUT2D eigenvalue weighted by atomic mass is 10.2. The Morgan fingerprint density at radius 2 is 2.14 bits per heavy atom. The lowest BCUT2D eigenvalue weighted by Gasteiger charge is -2.28. The number of ether oxygens (including phenoxy) is 1. The molecule has 0 aromatic rings. The van der Waals surface area contributed by atoms with E-state index >= 15 is 0 Å². The van der Waals surface area contributed by atoms with Crippen LogP contribution in [0.5, 0.6) is 0 Å². The molecule has 84 valence electrons. The molecule has 0 saturated carbocycles. The summed E-state index contributed by atoms with van der Waals surface area (Å²) < 4.78 is 5.83. The average Bonchev–Trinajstić information content (AvgIpc) is 2.50. The topological polar surface area (TPSA) is 12.5 Å². The van der Waals surface area contributed by atoms with E-state index in [1.54, 1.807) is 0 Å². The van der Waals surface area contributed by atoms with Crippen LogP contribution < -0.4 is 0 Å². The van der Waals surface area contributed by atoms with Crippen molar-refractivity contribution in [3.8, 4) is 0 Å². The van der Waals surface area contributed by atoms with Gasteiger partial charge in [0.15, 0.2) is 0 Å². The van der Waals surface area contributed by atoms with Gasteiger partial charge in [0.1, 0.15) is 0 Å². The molecular weight excluding hydrogens is 242 g/mol. The van der Waals surface area contributed by atoms with Gasteiger partial charge in [0, 0.05) is 24.5 Å². The zero-order valence-electron chi connectivity index (χ0n) is 9.50. The van der Waals surface area contributed by atoms with Crippen molar-refractivity contribution in [2.75, 3.05) is 18.4 Å². The molecule has 2 atom stereocenters. The summed E-state index contributed by atoms with van der Waals surface area (Å²) in [6.45, 7) is 8.88. The van der Waals surface area contributed by atoms with Crippen molar-refractivity contribution >= 4 is 15.9 Å². The minimum atomic E-state index is 0.464. The first-order valence-corrected chi connectivity index (χ1v) is 6.71. The summed E-state index contributed by atoms with van der Waals surface area (Å²) in [6.07, 6.45) is 3.39. The summed E-state index contributed by atoms with van der Waals surface area (Å²) in [4.78, 5) is 2.48. The Kier molecular flexibility index (Phi) is 5.42. The standard InChI is InChI=1S/C11H22BrNO/c1-9(2)13(7-6-12)8-11-5-4-10(3)14-11/h9-11H,4-8H2,1-3H3. The maximum atomic E-state index is 5.83. The highest BCUT2D eigenvalue weighted by molar-refractivity contribution is 9.09. The normalized spacial score (nSPS) is 27.9. The molecule has 1 heterocycles. The molecule has 0 amide bonds. The number of hydrogen-bond acceptors (Lipinski definition) is 2. The van der Waals surface area contributed by atoms with Crippen LogP contribution in [0.25, 0.3) is 0 Å². The Hall–Kier alpha value is 0.400. The second-order valence-electron chi connectivity index (χ2n) is 4.42. The Bertz CT molecular complexity index is 163. The number of rotatable bonds is 5. The van der Waals surface area contributed by atoms with Gasteiger partial charge in [-0.3, -0.25) is 4.90 Å². The monoisotopic (exact) mass is 263 g/mol. The molecule has 1 fully saturated rings. The maximum Gasteiger partial charge on any atom is 0.0706 e. The minimum absolute atomic E-state index is 0.464. The van der Waals surface area contributed by atoms with Gasteiger partial charge in [-0.25, -0.2) is 0 Å². The molecule has 14 heavy (non-hydrogen) atoms. The molecule has 0 aliphatic carbocycles. The number of hydrogen-bond donors (Lipinski definition) is 0. The highest BCUT2D eigenvalue weighted by Gasteiger charge is 2.24. The third-order valence-electron chi connectivity index (χ3n) is 2.86. The third kappa shape index (κ3) is 3.87. The molecule has 0 aromatic heterocycles. The summed E-state index contributed by atoms with van der Waals surface area (Å²) in [5.41, 5.74) is 0. The Morgan fingerprint density at radius 1 is 1.43 bits per heavy atom. The molecular formula is C11H22BrNO. The van der Waals surface area contributed by atoms with E-state index in [1.165, 1.54) is 12.8 Å². The molecule has 0 bridgehead atoms. The predicted molar refractivity (Wildman–Crippen MR) is 64.1 cm³/mol. The van der Waals surface area contributed by atoms with Crippen molar-refractivity contribution in [1.82, 2.24) is 4.90 Å². The summed E-state index contributed by atoms with van der Waals surface area (Å²) >= 11 is 3.50. The second-order valence-corrected chi connectivity index (χ2v) is 5.22. The lowest BCUT2D eigenvalue weighted by molar-refractivity contribution is 0.0264. The van der Waals surface area contributed by atoms with E-state index in [1.807, 2.05) is 0 Å². The quantitative estimate of drug-likeness (QED) is 0.708. The van der Waals surface area contributed by atoms with Crippen LogP contribution in [-0.2, 0) is 4.74 Å². The van der Waals surface area contributed by atoms with E-state index in [0.717, 1.165) is 18.4 Å². The molecule has 1 saturated heterocycles. The van der Waals surface area contributed by atoms with E-state index < -0.39 is 0 Å². The first-order chi connectivity index (χ1) is 6.63. The molecule has 2 nitrogen and oxygen atoms in total. The second kappa shape index (κ2) is 6.09. The molecule has 1 aliphatic heterocycles. The first kappa shape index (κ1) is 12.5. The highest BCUT2D eigenvalue weighted by Crippen LogP contribution is 2.20. The van der Waals surface area contributed by atoms with Crippen molar-refractivity contribution in [2.24, 2.45) is 0 Å².